The molecule has 0 radical (unpaired) electrons. The molecule has 2 aromatic rings. The van der Waals surface area contributed by atoms with Gasteiger partial charge in [-0.25, -0.2) is 13.1 Å². The fraction of sp³-hybridized carbons (Fsp3) is 0.500. The Morgan fingerprint density at radius 1 is 1.38 bits per heavy atom. The Hall–Kier alpha value is -1.29. The Bertz CT molecular complexity index is 691. The number of sulfonamides is 1. The molecule has 0 aromatic carbocycles. The van der Waals surface area contributed by atoms with Crippen molar-refractivity contribution in [1.82, 2.24) is 20.2 Å². The molecule has 0 aliphatic carbocycles. The lowest BCUT2D eigenvalue weighted by Crippen LogP contribution is -2.23. The molecule has 7 nitrogen and oxygen atoms in total. The fourth-order valence-corrected chi connectivity index (χ4v) is 3.78. The maximum atomic E-state index is 12.2. The van der Waals surface area contributed by atoms with Crippen molar-refractivity contribution in [1.29, 1.82) is 0 Å². The Morgan fingerprint density at radius 3 is 2.76 bits per heavy atom. The average Bonchev–Trinajstić information content (AvgIpc) is 3.03. The van der Waals surface area contributed by atoms with Gasteiger partial charge in [-0.15, -0.1) is 11.3 Å². The number of aromatic nitrogens is 2. The van der Waals surface area contributed by atoms with Crippen LogP contribution in [-0.2, 0) is 23.1 Å². The molecule has 2 N–H and O–H groups in total. The average molecular weight is 330 g/mol. The summed E-state index contributed by atoms with van der Waals surface area (Å²) in [7, 11) is -3.55. The van der Waals surface area contributed by atoms with Gasteiger partial charge in [0.1, 0.15) is 4.21 Å². The molecule has 0 saturated heterocycles. The number of nitrogens with zero attached hydrogens (tertiary/aromatic N) is 2. The van der Waals surface area contributed by atoms with E-state index in [4.69, 9.17) is 4.52 Å². The third kappa shape index (κ3) is 4.60. The van der Waals surface area contributed by atoms with Gasteiger partial charge in [0.2, 0.25) is 5.89 Å². The van der Waals surface area contributed by atoms with Crippen LogP contribution >= 0.6 is 11.3 Å². The predicted octanol–water partition coefficient (Wildman–Crippen LogP) is 1.42. The highest BCUT2D eigenvalue weighted by molar-refractivity contribution is 7.91. The molecule has 0 saturated carbocycles. The lowest BCUT2D eigenvalue weighted by molar-refractivity contribution is 0.372. The molecule has 2 heterocycles. The first kappa shape index (κ1) is 16.1. The van der Waals surface area contributed by atoms with Crippen LogP contribution in [0.5, 0.6) is 0 Å². The maximum Gasteiger partial charge on any atom is 0.250 e. The number of hydrogen-bond acceptors (Lipinski definition) is 7. The summed E-state index contributed by atoms with van der Waals surface area (Å²) in [5, 5.41) is 8.69. The van der Waals surface area contributed by atoms with E-state index < -0.39 is 10.0 Å². The number of aryl methyl sites for hydroxylation is 1. The van der Waals surface area contributed by atoms with E-state index in [1.165, 1.54) is 11.3 Å². The fourth-order valence-electron chi connectivity index (χ4n) is 1.55. The molecular weight excluding hydrogens is 312 g/mol. The number of thiophene rings is 1. The van der Waals surface area contributed by atoms with Crippen molar-refractivity contribution in [3.63, 3.8) is 0 Å². The van der Waals surface area contributed by atoms with Gasteiger partial charge in [-0.2, -0.15) is 4.98 Å². The molecular formula is C12H18N4O3S2. The first-order valence-electron chi connectivity index (χ1n) is 6.46. The van der Waals surface area contributed by atoms with Crippen LogP contribution < -0.4 is 10.0 Å². The monoisotopic (exact) mass is 330 g/mol. The summed E-state index contributed by atoms with van der Waals surface area (Å²) in [5.74, 6) is 0.719. The van der Waals surface area contributed by atoms with Gasteiger partial charge in [0.05, 0.1) is 6.54 Å². The normalized spacial score (nSPS) is 12.2. The molecule has 0 aliphatic heterocycles. The summed E-state index contributed by atoms with van der Waals surface area (Å²) >= 11 is 1.19. The minimum atomic E-state index is -3.55. The minimum absolute atomic E-state index is 0.0132. The van der Waals surface area contributed by atoms with Crippen LogP contribution in [-0.4, -0.2) is 24.6 Å². The number of nitrogens with one attached hydrogen (secondary N) is 2. The minimum Gasteiger partial charge on any atom is -0.338 e. The molecule has 2 rings (SSSR count). The SMILES string of the molecule is Cc1noc(CNS(=O)(=O)c2cc(CNC(C)C)cs2)n1. The van der Waals surface area contributed by atoms with E-state index in [9.17, 15) is 8.42 Å². The second kappa shape index (κ2) is 6.65. The van der Waals surface area contributed by atoms with E-state index in [0.717, 1.165) is 5.56 Å². The van der Waals surface area contributed by atoms with Gasteiger partial charge < -0.3 is 9.84 Å². The number of rotatable bonds is 7. The van der Waals surface area contributed by atoms with Gasteiger partial charge in [0.25, 0.3) is 10.0 Å². The lowest BCUT2D eigenvalue weighted by atomic mass is 10.3. The van der Waals surface area contributed by atoms with Gasteiger partial charge in [0, 0.05) is 12.6 Å². The summed E-state index contributed by atoms with van der Waals surface area (Å²) in [6, 6.07) is 2.02. The predicted molar refractivity (Wildman–Crippen MR) is 79.4 cm³/mol. The Balaban J connectivity index is 1.99. The molecule has 0 atom stereocenters. The first-order valence-corrected chi connectivity index (χ1v) is 8.83. The van der Waals surface area contributed by atoms with Crippen molar-refractivity contribution in [2.24, 2.45) is 0 Å². The zero-order chi connectivity index (χ0) is 15.5. The molecule has 0 aliphatic rings. The molecule has 2 aromatic heterocycles. The Kier molecular flexibility index (Phi) is 5.09. The van der Waals surface area contributed by atoms with Gasteiger partial charge in [-0.3, -0.25) is 0 Å². The van der Waals surface area contributed by atoms with Crippen LogP contribution in [0.4, 0.5) is 0 Å². The Labute approximate surface area is 127 Å². The molecule has 0 unspecified atom stereocenters. The smallest absolute Gasteiger partial charge is 0.250 e. The highest BCUT2D eigenvalue weighted by atomic mass is 32.2. The van der Waals surface area contributed by atoms with E-state index in [1.54, 1.807) is 13.0 Å². The van der Waals surface area contributed by atoms with Crippen LogP contribution in [0, 0.1) is 6.92 Å². The molecule has 9 heteroatoms. The quantitative estimate of drug-likeness (QED) is 0.797. The van der Waals surface area contributed by atoms with E-state index in [1.807, 2.05) is 19.2 Å². The van der Waals surface area contributed by atoms with Gasteiger partial charge in [-0.05, 0) is 23.9 Å². The molecule has 116 valence electrons. The van der Waals surface area contributed by atoms with Crippen molar-refractivity contribution in [2.45, 2.75) is 44.1 Å². The summed E-state index contributed by atoms with van der Waals surface area (Å²) in [5.41, 5.74) is 0.947. The van der Waals surface area contributed by atoms with E-state index >= 15 is 0 Å². The molecule has 0 spiro atoms. The maximum absolute atomic E-state index is 12.2. The van der Waals surface area contributed by atoms with Crippen LogP contribution in [0.2, 0.25) is 0 Å². The van der Waals surface area contributed by atoms with Gasteiger partial charge in [-0.1, -0.05) is 19.0 Å². The van der Waals surface area contributed by atoms with Crippen LogP contribution in [0.25, 0.3) is 0 Å². The van der Waals surface area contributed by atoms with Crippen molar-refractivity contribution in [3.8, 4) is 0 Å². The molecule has 0 amide bonds. The van der Waals surface area contributed by atoms with Crippen molar-refractivity contribution in [3.05, 3.63) is 28.7 Å². The molecule has 0 fully saturated rings. The zero-order valence-corrected chi connectivity index (χ0v) is 13.7. The highest BCUT2D eigenvalue weighted by Crippen LogP contribution is 2.20. The third-order valence-corrected chi connectivity index (χ3v) is 5.48. The van der Waals surface area contributed by atoms with Crippen LogP contribution in [0.15, 0.2) is 20.2 Å². The topological polar surface area (TPSA) is 97.1 Å². The third-order valence-electron chi connectivity index (χ3n) is 2.59. The van der Waals surface area contributed by atoms with Crippen LogP contribution in [0.3, 0.4) is 0 Å². The van der Waals surface area contributed by atoms with E-state index in [-0.39, 0.29) is 16.6 Å². The largest absolute Gasteiger partial charge is 0.338 e. The first-order chi connectivity index (χ1) is 9.87. The van der Waals surface area contributed by atoms with Gasteiger partial charge in [0.15, 0.2) is 5.82 Å². The highest BCUT2D eigenvalue weighted by Gasteiger charge is 2.18. The lowest BCUT2D eigenvalue weighted by Gasteiger charge is -2.05. The zero-order valence-electron chi connectivity index (χ0n) is 12.1. The standard InChI is InChI=1S/C12H18N4O3S2/c1-8(2)13-5-10-4-12(20-7-10)21(17,18)14-6-11-15-9(3)16-19-11/h4,7-8,13-14H,5-6H2,1-3H3. The van der Waals surface area contributed by atoms with Crippen molar-refractivity contribution in [2.75, 3.05) is 0 Å². The summed E-state index contributed by atoms with van der Waals surface area (Å²) in [4.78, 5) is 3.95. The van der Waals surface area contributed by atoms with Crippen LogP contribution in [0.1, 0.15) is 31.1 Å². The Morgan fingerprint density at radius 2 is 2.14 bits per heavy atom. The summed E-state index contributed by atoms with van der Waals surface area (Å²) < 4.78 is 31.9. The van der Waals surface area contributed by atoms with E-state index in [0.29, 0.717) is 18.4 Å². The van der Waals surface area contributed by atoms with Gasteiger partial charge >= 0.3 is 0 Å². The molecule has 21 heavy (non-hydrogen) atoms. The summed E-state index contributed by atoms with van der Waals surface area (Å²) in [6.07, 6.45) is 0. The van der Waals surface area contributed by atoms with E-state index in [2.05, 4.69) is 20.2 Å². The molecule has 0 bridgehead atoms. The van der Waals surface area contributed by atoms with Crippen molar-refractivity contribution >= 4 is 21.4 Å². The number of hydrogen-bond donors (Lipinski definition) is 2. The summed E-state index contributed by atoms with van der Waals surface area (Å²) in [6.45, 7) is 6.39. The second-order valence-electron chi connectivity index (χ2n) is 4.87. The second-order valence-corrected chi connectivity index (χ2v) is 7.77. The van der Waals surface area contributed by atoms with Crippen molar-refractivity contribution < 1.29 is 12.9 Å².